The number of aliphatic hydroxyl groups excluding tert-OH is 2. The molecular weight excluding hydrogens is 338 g/mol. The van der Waals surface area contributed by atoms with Crippen LogP contribution in [0.3, 0.4) is 0 Å². The van der Waals surface area contributed by atoms with Crippen molar-refractivity contribution in [2.45, 2.75) is 84.0 Å². The molecule has 0 aliphatic rings. The highest BCUT2D eigenvalue weighted by Crippen LogP contribution is 2.12. The summed E-state index contributed by atoms with van der Waals surface area (Å²) in [6, 6.07) is 0. The Morgan fingerprint density at radius 2 is 1.08 bits per heavy atom. The van der Waals surface area contributed by atoms with Gasteiger partial charge in [0.05, 0.1) is 26.9 Å². The van der Waals surface area contributed by atoms with Crippen LogP contribution in [0.2, 0.25) is 0 Å². The van der Waals surface area contributed by atoms with Crippen molar-refractivity contribution >= 4 is 0 Å². The Morgan fingerprint density at radius 1 is 0.680 bits per heavy atom. The van der Waals surface area contributed by atoms with Gasteiger partial charge in [-0.2, -0.15) is 0 Å². The maximum atomic E-state index is 9.09. The van der Waals surface area contributed by atoms with Gasteiger partial charge in [0.2, 0.25) is 0 Å². The lowest BCUT2D eigenvalue weighted by Gasteiger charge is -2.32. The third-order valence-electron chi connectivity index (χ3n) is 4.82. The van der Waals surface area contributed by atoms with Gasteiger partial charge in [0, 0.05) is 0 Å². The molecule has 4 nitrogen and oxygen atoms in total. The number of hydrogen-bond donors (Lipinski definition) is 2. The van der Waals surface area contributed by atoms with Crippen LogP contribution in [0.25, 0.3) is 0 Å². The average molecular weight is 382 g/mol. The zero-order valence-electron chi connectivity index (χ0n) is 16.9. The van der Waals surface area contributed by atoms with Crippen molar-refractivity contribution in [1.82, 2.24) is 0 Å². The number of nitrogens with zero attached hydrogens (tertiary/aromatic N) is 1. The highest BCUT2D eigenvalue weighted by molar-refractivity contribution is 4.48. The van der Waals surface area contributed by atoms with Gasteiger partial charge in [-0.05, 0) is 6.42 Å². The van der Waals surface area contributed by atoms with Gasteiger partial charge in [0.1, 0.15) is 13.1 Å². The zero-order chi connectivity index (χ0) is 17.9. The molecule has 0 amide bonds. The fourth-order valence-corrected chi connectivity index (χ4v) is 3.05. The summed E-state index contributed by atoms with van der Waals surface area (Å²) >= 11 is 0. The minimum Gasteiger partial charge on any atom is -1.00 e. The van der Waals surface area contributed by atoms with Crippen LogP contribution in [0.4, 0.5) is 0 Å². The molecule has 154 valence electrons. The number of unbranched alkanes of at least 4 members (excludes halogenated alkanes) is 11. The Hall–Kier alpha value is 0.130. The lowest BCUT2D eigenvalue weighted by Crippen LogP contribution is -3.00. The molecule has 25 heavy (non-hydrogen) atoms. The fraction of sp³-hybridized carbons (Fsp3) is 1.00. The number of likely N-dealkylation sites (N-methyl/N-ethyl adjacent to an activating group) is 1. The molecule has 0 aliphatic carbocycles. The van der Waals surface area contributed by atoms with Crippen molar-refractivity contribution in [1.29, 1.82) is 0 Å². The van der Waals surface area contributed by atoms with Gasteiger partial charge in [-0.15, -0.1) is 0 Å². The van der Waals surface area contributed by atoms with Gasteiger partial charge in [0.25, 0.3) is 0 Å². The van der Waals surface area contributed by atoms with Crippen LogP contribution in [0, 0.1) is 0 Å². The molecule has 0 heterocycles. The summed E-state index contributed by atoms with van der Waals surface area (Å²) in [6.45, 7) is 5.20. The number of hydrogen-bond acceptors (Lipinski definition) is 3. The van der Waals surface area contributed by atoms with Crippen LogP contribution < -0.4 is 12.4 Å². The standard InChI is InChI=1S/C20H44NO3.ClH/c1-3-4-5-6-7-8-9-10-11-12-13-14-19-24-20-21(2,15-17-22)16-18-23;/h22-23H,3-20H2,1-2H3;1H/q+1;/p-1. The molecule has 0 unspecified atom stereocenters. The van der Waals surface area contributed by atoms with Gasteiger partial charge in [-0.1, -0.05) is 77.6 Å². The van der Waals surface area contributed by atoms with E-state index in [-0.39, 0.29) is 25.6 Å². The fourth-order valence-electron chi connectivity index (χ4n) is 3.05. The third kappa shape index (κ3) is 18.7. The zero-order valence-corrected chi connectivity index (χ0v) is 17.6. The molecule has 0 saturated carbocycles. The van der Waals surface area contributed by atoms with E-state index in [0.29, 0.717) is 24.3 Å². The summed E-state index contributed by atoms with van der Waals surface area (Å²) in [5, 5.41) is 18.2. The number of quaternary nitrogens is 1. The summed E-state index contributed by atoms with van der Waals surface area (Å²) in [4.78, 5) is 0. The van der Waals surface area contributed by atoms with Crippen LogP contribution in [0.1, 0.15) is 84.0 Å². The van der Waals surface area contributed by atoms with Crippen molar-refractivity contribution in [2.75, 3.05) is 46.7 Å². The van der Waals surface area contributed by atoms with E-state index in [1.165, 1.54) is 70.6 Å². The van der Waals surface area contributed by atoms with E-state index < -0.39 is 0 Å². The van der Waals surface area contributed by atoms with Crippen LogP contribution in [-0.2, 0) is 4.74 Å². The molecule has 2 N–H and O–H groups in total. The minimum atomic E-state index is 0. The van der Waals surface area contributed by atoms with Crippen molar-refractivity contribution in [3.8, 4) is 0 Å². The first-order valence-corrected chi connectivity index (χ1v) is 10.3. The Balaban J connectivity index is 0. The second kappa shape index (κ2) is 20.4. The smallest absolute Gasteiger partial charge is 0.183 e. The van der Waals surface area contributed by atoms with Crippen molar-refractivity contribution in [3.05, 3.63) is 0 Å². The van der Waals surface area contributed by atoms with Gasteiger partial charge in [-0.3, -0.25) is 4.48 Å². The minimum absolute atomic E-state index is 0. The molecule has 5 heteroatoms. The third-order valence-corrected chi connectivity index (χ3v) is 4.82. The largest absolute Gasteiger partial charge is 1.00 e. The highest BCUT2D eigenvalue weighted by atomic mass is 35.5. The number of aliphatic hydroxyl groups is 2. The van der Waals surface area contributed by atoms with E-state index in [1.807, 2.05) is 7.05 Å². The molecule has 0 radical (unpaired) electrons. The molecule has 0 aromatic heterocycles. The first-order chi connectivity index (χ1) is 11.7. The molecule has 0 spiro atoms. The highest BCUT2D eigenvalue weighted by Gasteiger charge is 2.20. The van der Waals surface area contributed by atoms with E-state index >= 15 is 0 Å². The first-order valence-electron chi connectivity index (χ1n) is 10.3. The Labute approximate surface area is 162 Å². The van der Waals surface area contributed by atoms with Gasteiger partial charge in [0.15, 0.2) is 6.73 Å². The second-order valence-electron chi connectivity index (χ2n) is 7.44. The van der Waals surface area contributed by atoms with E-state index in [4.69, 9.17) is 14.9 Å². The molecular formula is C20H44ClNO3. The molecule has 0 saturated heterocycles. The monoisotopic (exact) mass is 381 g/mol. The quantitative estimate of drug-likeness (QED) is 0.200. The average Bonchev–Trinajstić information content (AvgIpc) is 2.55. The maximum absolute atomic E-state index is 9.09. The first kappa shape index (κ1) is 27.3. The molecule has 0 aromatic carbocycles. The predicted molar refractivity (Wildman–Crippen MR) is 102 cm³/mol. The molecule has 0 bridgehead atoms. The van der Waals surface area contributed by atoms with Crippen LogP contribution >= 0.6 is 0 Å². The van der Waals surface area contributed by atoms with Crippen LogP contribution in [0.15, 0.2) is 0 Å². The predicted octanol–water partition coefficient (Wildman–Crippen LogP) is 1.10. The summed E-state index contributed by atoms with van der Waals surface area (Å²) < 4.78 is 6.33. The summed E-state index contributed by atoms with van der Waals surface area (Å²) in [5.74, 6) is 0. The number of halogens is 1. The Kier molecular flexibility index (Phi) is 22.4. The molecule has 0 atom stereocenters. The lowest BCUT2D eigenvalue weighted by atomic mass is 10.1. The number of ether oxygens (including phenoxy) is 1. The molecule has 0 aromatic rings. The van der Waals surface area contributed by atoms with Gasteiger partial charge in [-0.25, -0.2) is 0 Å². The van der Waals surface area contributed by atoms with Crippen LogP contribution in [0.5, 0.6) is 0 Å². The SMILES string of the molecule is CCCCCCCCCCCCCCOC[N+](C)(CCO)CCO.[Cl-]. The van der Waals surface area contributed by atoms with Gasteiger partial charge < -0.3 is 27.4 Å². The van der Waals surface area contributed by atoms with Crippen molar-refractivity contribution in [3.63, 3.8) is 0 Å². The van der Waals surface area contributed by atoms with Crippen LogP contribution in [-0.4, -0.2) is 61.4 Å². The lowest BCUT2D eigenvalue weighted by molar-refractivity contribution is -0.928. The number of rotatable bonds is 19. The van der Waals surface area contributed by atoms with Crippen molar-refractivity contribution in [2.24, 2.45) is 0 Å². The Bertz CT molecular complexity index is 249. The van der Waals surface area contributed by atoms with E-state index in [9.17, 15) is 0 Å². The second-order valence-corrected chi connectivity index (χ2v) is 7.44. The maximum Gasteiger partial charge on any atom is 0.183 e. The normalized spacial score (nSPS) is 11.5. The molecule has 0 fully saturated rings. The Morgan fingerprint density at radius 3 is 1.48 bits per heavy atom. The summed E-state index contributed by atoms with van der Waals surface area (Å²) in [6.07, 6.45) is 16.3. The topological polar surface area (TPSA) is 49.7 Å². The summed E-state index contributed by atoms with van der Waals surface area (Å²) in [7, 11) is 2.02. The molecule has 0 aliphatic heterocycles. The molecule has 0 rings (SSSR count). The van der Waals surface area contributed by atoms with Crippen molar-refractivity contribution < 1.29 is 31.8 Å². The van der Waals surface area contributed by atoms with E-state index in [2.05, 4.69) is 6.92 Å². The van der Waals surface area contributed by atoms with E-state index in [0.717, 1.165) is 13.0 Å². The van der Waals surface area contributed by atoms with E-state index in [1.54, 1.807) is 0 Å². The van der Waals surface area contributed by atoms with Gasteiger partial charge >= 0.3 is 0 Å². The summed E-state index contributed by atoms with van der Waals surface area (Å²) in [5.41, 5.74) is 0.